The van der Waals surface area contributed by atoms with Gasteiger partial charge in [-0.25, -0.2) is 4.99 Å². The lowest BCUT2D eigenvalue weighted by Crippen LogP contribution is -2.43. The smallest absolute Gasteiger partial charge is 0.284 e. The van der Waals surface area contributed by atoms with Gasteiger partial charge in [0.1, 0.15) is 12.3 Å². The number of ether oxygens (including phenoxy) is 1. The molecule has 0 unspecified atom stereocenters. The van der Waals surface area contributed by atoms with Crippen LogP contribution in [0.5, 0.6) is 0 Å². The van der Waals surface area contributed by atoms with Crippen molar-refractivity contribution in [2.24, 2.45) is 16.1 Å². The molecule has 1 saturated carbocycles. The summed E-state index contributed by atoms with van der Waals surface area (Å²) in [6.07, 6.45) is 6.07. The van der Waals surface area contributed by atoms with Gasteiger partial charge in [-0.1, -0.05) is 12.8 Å². The van der Waals surface area contributed by atoms with E-state index in [-0.39, 0.29) is 35.2 Å². The van der Waals surface area contributed by atoms with Gasteiger partial charge in [-0.2, -0.15) is 0 Å². The summed E-state index contributed by atoms with van der Waals surface area (Å²) in [5.41, 5.74) is 5.49. The maximum Gasteiger partial charge on any atom is 0.284 e. The molecule has 2 rings (SSSR count). The minimum absolute atomic E-state index is 0. The largest absolute Gasteiger partial charge is 0.454 e. The number of rotatable bonds is 9. The lowest BCUT2D eigenvalue weighted by Gasteiger charge is -2.29. The Bertz CT molecular complexity index is 583. The molecule has 1 aromatic heterocycles. The molecule has 0 atom stereocenters. The Morgan fingerprint density at radius 3 is 2.65 bits per heavy atom. The zero-order chi connectivity index (χ0) is 18.1. The number of halogens is 1. The quantitative estimate of drug-likeness (QED) is 0.288. The predicted octanol–water partition coefficient (Wildman–Crippen LogP) is 2.65. The number of aliphatic imine (C=N–C) groups is 1. The van der Waals surface area contributed by atoms with E-state index in [4.69, 9.17) is 14.9 Å². The van der Waals surface area contributed by atoms with E-state index in [1.165, 1.54) is 25.7 Å². The number of nitrogens with zero attached hydrogens (tertiary/aromatic N) is 1. The lowest BCUT2D eigenvalue weighted by atomic mass is 9.83. The molecule has 1 aliphatic rings. The van der Waals surface area contributed by atoms with Crippen LogP contribution in [0, 0.1) is 5.41 Å². The van der Waals surface area contributed by atoms with Crippen LogP contribution < -0.4 is 16.4 Å². The van der Waals surface area contributed by atoms with E-state index in [2.05, 4.69) is 15.6 Å². The maximum atomic E-state index is 11.1. The van der Waals surface area contributed by atoms with E-state index in [0.29, 0.717) is 12.3 Å². The fraction of sp³-hybridized carbons (Fsp3) is 0.667. The molecule has 4 N–H and O–H groups in total. The van der Waals surface area contributed by atoms with Crippen LogP contribution in [0.1, 0.15) is 55.3 Å². The Hall–Kier alpha value is -1.29. The van der Waals surface area contributed by atoms with Crippen molar-refractivity contribution < 1.29 is 13.9 Å². The first kappa shape index (κ1) is 22.8. The second kappa shape index (κ2) is 11.4. The minimum Gasteiger partial charge on any atom is -0.454 e. The van der Waals surface area contributed by atoms with Gasteiger partial charge in [0, 0.05) is 26.8 Å². The zero-order valence-electron chi connectivity index (χ0n) is 15.7. The van der Waals surface area contributed by atoms with Crippen LogP contribution in [-0.4, -0.2) is 38.7 Å². The molecule has 0 saturated heterocycles. The molecule has 0 bridgehead atoms. The Morgan fingerprint density at radius 1 is 1.35 bits per heavy atom. The van der Waals surface area contributed by atoms with Crippen molar-refractivity contribution in [3.8, 4) is 0 Å². The van der Waals surface area contributed by atoms with E-state index in [0.717, 1.165) is 32.1 Å². The highest BCUT2D eigenvalue weighted by Crippen LogP contribution is 2.40. The summed E-state index contributed by atoms with van der Waals surface area (Å²) in [6.45, 7) is 4.84. The number of hydrogen-bond donors (Lipinski definition) is 3. The van der Waals surface area contributed by atoms with Crippen LogP contribution in [-0.2, 0) is 11.3 Å². The molecule has 8 heteroatoms. The summed E-state index contributed by atoms with van der Waals surface area (Å²) in [5, 5.41) is 6.72. The normalized spacial score (nSPS) is 16.2. The monoisotopic (exact) mass is 478 g/mol. The van der Waals surface area contributed by atoms with Crippen molar-refractivity contribution in [2.45, 2.75) is 45.6 Å². The molecule has 7 nitrogen and oxygen atoms in total. The fourth-order valence-electron chi connectivity index (χ4n) is 3.32. The molecule has 0 radical (unpaired) electrons. The first-order chi connectivity index (χ1) is 12.1. The van der Waals surface area contributed by atoms with Crippen molar-refractivity contribution in [3.05, 3.63) is 23.7 Å². The number of nitrogens with two attached hydrogens (primary N) is 1. The van der Waals surface area contributed by atoms with Crippen LogP contribution in [0.2, 0.25) is 0 Å². The second-order valence-electron chi connectivity index (χ2n) is 6.63. The summed E-state index contributed by atoms with van der Waals surface area (Å²) in [7, 11) is 1.76. The molecule has 1 fully saturated rings. The van der Waals surface area contributed by atoms with Crippen molar-refractivity contribution in [1.82, 2.24) is 10.6 Å². The van der Waals surface area contributed by atoms with E-state index in [1.807, 2.05) is 6.92 Å². The predicted molar refractivity (Wildman–Crippen MR) is 113 cm³/mol. The van der Waals surface area contributed by atoms with Gasteiger partial charge in [-0.05, 0) is 43.7 Å². The summed E-state index contributed by atoms with van der Waals surface area (Å²) in [6, 6.07) is 3.30. The molecule has 0 spiro atoms. The van der Waals surface area contributed by atoms with Gasteiger partial charge in [-0.15, -0.1) is 24.0 Å². The molecule has 1 aliphatic carbocycles. The Labute approximate surface area is 172 Å². The average Bonchev–Trinajstić information content (AvgIpc) is 3.26. The lowest BCUT2D eigenvalue weighted by molar-refractivity contribution is 0.0972. The van der Waals surface area contributed by atoms with Crippen LogP contribution >= 0.6 is 24.0 Å². The number of hydrogen-bond acceptors (Lipinski definition) is 4. The third-order valence-electron chi connectivity index (χ3n) is 4.77. The Morgan fingerprint density at radius 2 is 2.08 bits per heavy atom. The fourth-order valence-corrected chi connectivity index (χ4v) is 3.32. The SMILES string of the molecule is CCNC(=NCc1ccc(C(N)=O)o1)NCC1(CCOC)CCCC1.I. The van der Waals surface area contributed by atoms with Crippen molar-refractivity contribution in [3.63, 3.8) is 0 Å². The summed E-state index contributed by atoms with van der Waals surface area (Å²) in [4.78, 5) is 15.6. The van der Waals surface area contributed by atoms with Crippen LogP contribution in [0.15, 0.2) is 21.5 Å². The van der Waals surface area contributed by atoms with Crippen LogP contribution in [0.4, 0.5) is 0 Å². The second-order valence-corrected chi connectivity index (χ2v) is 6.63. The Balaban J connectivity index is 0.00000338. The number of amides is 1. The number of methoxy groups -OCH3 is 1. The molecular weight excluding hydrogens is 447 g/mol. The zero-order valence-corrected chi connectivity index (χ0v) is 18.0. The minimum atomic E-state index is -0.568. The van der Waals surface area contributed by atoms with Crippen LogP contribution in [0.25, 0.3) is 0 Å². The van der Waals surface area contributed by atoms with Gasteiger partial charge in [-0.3, -0.25) is 4.79 Å². The molecule has 0 aliphatic heterocycles. The van der Waals surface area contributed by atoms with Crippen LogP contribution in [0.3, 0.4) is 0 Å². The van der Waals surface area contributed by atoms with E-state index in [9.17, 15) is 4.79 Å². The van der Waals surface area contributed by atoms with Gasteiger partial charge in [0.05, 0.1) is 0 Å². The molecule has 0 aromatic carbocycles. The number of carbonyl (C=O) groups is 1. The number of guanidine groups is 1. The van der Waals surface area contributed by atoms with Gasteiger partial charge < -0.3 is 25.5 Å². The molecule has 26 heavy (non-hydrogen) atoms. The van der Waals surface area contributed by atoms with E-state index >= 15 is 0 Å². The average molecular weight is 478 g/mol. The van der Waals surface area contributed by atoms with E-state index in [1.54, 1.807) is 19.2 Å². The number of primary amides is 1. The first-order valence-corrected chi connectivity index (χ1v) is 8.98. The number of furan rings is 1. The topological polar surface area (TPSA) is 102 Å². The molecule has 1 heterocycles. The maximum absolute atomic E-state index is 11.1. The molecule has 1 aromatic rings. The molecule has 1 amide bonds. The van der Waals surface area contributed by atoms with Crippen molar-refractivity contribution in [2.75, 3.05) is 26.8 Å². The molecule has 148 valence electrons. The number of nitrogens with one attached hydrogen (secondary N) is 2. The highest BCUT2D eigenvalue weighted by molar-refractivity contribution is 14.0. The summed E-state index contributed by atoms with van der Waals surface area (Å²) >= 11 is 0. The molecular formula is C18H31IN4O3. The third kappa shape index (κ3) is 6.79. The summed E-state index contributed by atoms with van der Waals surface area (Å²) in [5.74, 6) is 0.957. The number of carbonyl (C=O) groups excluding carboxylic acids is 1. The van der Waals surface area contributed by atoms with Gasteiger partial charge in [0.25, 0.3) is 5.91 Å². The van der Waals surface area contributed by atoms with E-state index < -0.39 is 5.91 Å². The van der Waals surface area contributed by atoms with Gasteiger partial charge >= 0.3 is 0 Å². The van der Waals surface area contributed by atoms with Gasteiger partial charge in [0.15, 0.2) is 11.7 Å². The standard InChI is InChI=1S/C18H30N4O3.HI/c1-3-20-17(21-12-14-6-7-15(25-14)16(19)23)22-13-18(10-11-24-2)8-4-5-9-18;/h6-7H,3-5,8-13H2,1-2H3,(H2,19,23)(H2,20,21,22);1H. The highest BCUT2D eigenvalue weighted by Gasteiger charge is 2.33. The van der Waals surface area contributed by atoms with Crippen molar-refractivity contribution >= 4 is 35.8 Å². The summed E-state index contributed by atoms with van der Waals surface area (Å²) < 4.78 is 10.7. The van der Waals surface area contributed by atoms with Gasteiger partial charge in [0.2, 0.25) is 0 Å². The first-order valence-electron chi connectivity index (χ1n) is 8.98. The Kier molecular flexibility index (Phi) is 10.0. The van der Waals surface area contributed by atoms with Crippen molar-refractivity contribution in [1.29, 1.82) is 0 Å². The third-order valence-corrected chi connectivity index (χ3v) is 4.77. The highest BCUT2D eigenvalue weighted by atomic mass is 127.